The Kier molecular flexibility index (Phi) is 5.91. The molecule has 5 heterocycles. The van der Waals surface area contributed by atoms with E-state index in [9.17, 15) is 0 Å². The topological polar surface area (TPSA) is 100 Å². The summed E-state index contributed by atoms with van der Waals surface area (Å²) in [5.74, 6) is 2.26. The van der Waals surface area contributed by atoms with Crippen LogP contribution >= 0.6 is 11.3 Å². The smallest absolute Gasteiger partial charge is 0.231 e. The summed E-state index contributed by atoms with van der Waals surface area (Å²) in [5, 5.41) is 15.5. The standard InChI is InChI=1S/C23H31N7O2S/c1-14-12-19(29-28-14)25-23-26-21(20-17-6-9-32-13-18(17)33-22(20)27-23)24-15-2-4-16(5-3-15)30-7-10-31-11-8-30/h12,15-16H,2-11,13H2,1H3,(H3,24,25,26,27,28,29)/t15-,16-. The zero-order valence-electron chi connectivity index (χ0n) is 19.0. The molecule has 0 spiro atoms. The molecule has 3 aromatic heterocycles. The molecular weight excluding hydrogens is 438 g/mol. The van der Waals surface area contributed by atoms with Crippen LogP contribution in [-0.2, 0) is 22.5 Å². The van der Waals surface area contributed by atoms with E-state index in [1.54, 1.807) is 11.3 Å². The van der Waals surface area contributed by atoms with Crippen molar-refractivity contribution in [2.75, 3.05) is 43.5 Å². The molecule has 0 atom stereocenters. The largest absolute Gasteiger partial charge is 0.379 e. The van der Waals surface area contributed by atoms with Gasteiger partial charge in [-0.25, -0.2) is 4.98 Å². The second-order valence-electron chi connectivity index (χ2n) is 9.24. The van der Waals surface area contributed by atoms with Crippen LogP contribution in [0.4, 0.5) is 17.6 Å². The summed E-state index contributed by atoms with van der Waals surface area (Å²) >= 11 is 1.72. The van der Waals surface area contributed by atoms with Crippen molar-refractivity contribution in [3.8, 4) is 0 Å². The third kappa shape index (κ3) is 4.44. The summed E-state index contributed by atoms with van der Waals surface area (Å²) in [5.41, 5.74) is 2.35. The van der Waals surface area contributed by atoms with Gasteiger partial charge in [-0.3, -0.25) is 10.00 Å². The van der Waals surface area contributed by atoms with E-state index in [0.29, 0.717) is 24.6 Å². The lowest BCUT2D eigenvalue weighted by Crippen LogP contribution is -2.46. The molecule has 0 unspecified atom stereocenters. The average molecular weight is 470 g/mol. The summed E-state index contributed by atoms with van der Waals surface area (Å²) in [6.07, 6.45) is 5.68. The van der Waals surface area contributed by atoms with Crippen LogP contribution in [0.3, 0.4) is 0 Å². The SMILES string of the molecule is Cc1cc(Nc2nc(N[C@H]3CC[C@H](N4CCOCC4)CC3)c3c4c(sc3n2)COCC4)n[nH]1. The molecule has 9 nitrogen and oxygen atoms in total. The lowest BCUT2D eigenvalue weighted by atomic mass is 9.90. The number of ether oxygens (including phenoxy) is 2. The predicted octanol–water partition coefficient (Wildman–Crippen LogP) is 3.59. The van der Waals surface area contributed by atoms with Crippen LogP contribution in [0, 0.1) is 6.92 Å². The fourth-order valence-electron chi connectivity index (χ4n) is 5.30. The van der Waals surface area contributed by atoms with Crippen molar-refractivity contribution in [3.63, 3.8) is 0 Å². The first-order chi connectivity index (χ1) is 16.2. The van der Waals surface area contributed by atoms with Crippen molar-refractivity contribution >= 4 is 39.1 Å². The van der Waals surface area contributed by atoms with Crippen LogP contribution in [0.1, 0.15) is 41.8 Å². The highest BCUT2D eigenvalue weighted by Crippen LogP contribution is 2.39. The molecule has 33 heavy (non-hydrogen) atoms. The number of hydrogen-bond donors (Lipinski definition) is 3. The highest BCUT2D eigenvalue weighted by molar-refractivity contribution is 7.19. The normalized spacial score (nSPS) is 24.0. The molecule has 2 fully saturated rings. The third-order valence-corrected chi connectivity index (χ3v) is 8.11. The average Bonchev–Trinajstić information content (AvgIpc) is 3.43. The number of anilines is 3. The minimum Gasteiger partial charge on any atom is -0.379 e. The number of aromatic nitrogens is 4. The maximum atomic E-state index is 5.71. The Morgan fingerprint density at radius 3 is 2.73 bits per heavy atom. The van der Waals surface area contributed by atoms with Gasteiger partial charge in [0.15, 0.2) is 5.82 Å². The van der Waals surface area contributed by atoms with E-state index in [2.05, 4.69) is 25.7 Å². The van der Waals surface area contributed by atoms with Crippen LogP contribution in [0.5, 0.6) is 0 Å². The van der Waals surface area contributed by atoms with Gasteiger partial charge in [-0.05, 0) is 44.6 Å². The van der Waals surface area contributed by atoms with Gasteiger partial charge in [0, 0.05) is 41.8 Å². The number of nitrogens with one attached hydrogen (secondary N) is 3. The summed E-state index contributed by atoms with van der Waals surface area (Å²) in [7, 11) is 0. The van der Waals surface area contributed by atoms with Crippen molar-refractivity contribution in [2.45, 2.75) is 57.7 Å². The lowest BCUT2D eigenvalue weighted by Gasteiger charge is -2.39. The molecule has 1 saturated carbocycles. The van der Waals surface area contributed by atoms with Crippen LogP contribution < -0.4 is 10.6 Å². The first-order valence-electron chi connectivity index (χ1n) is 12.0. The van der Waals surface area contributed by atoms with E-state index in [1.807, 2.05) is 13.0 Å². The molecule has 176 valence electrons. The van der Waals surface area contributed by atoms with E-state index in [-0.39, 0.29) is 0 Å². The second kappa shape index (κ2) is 9.17. The van der Waals surface area contributed by atoms with Gasteiger partial charge in [0.2, 0.25) is 5.95 Å². The first kappa shape index (κ1) is 21.3. The van der Waals surface area contributed by atoms with Crippen LogP contribution in [0.15, 0.2) is 6.07 Å². The molecule has 3 aromatic rings. The molecular formula is C23H31N7O2S. The Bertz CT molecular complexity index is 1120. The number of thiophene rings is 1. The summed E-state index contributed by atoms with van der Waals surface area (Å²) < 4.78 is 11.2. The zero-order valence-corrected chi connectivity index (χ0v) is 19.8. The molecule has 3 aliphatic rings. The highest BCUT2D eigenvalue weighted by Gasteiger charge is 2.28. The van der Waals surface area contributed by atoms with Gasteiger partial charge in [0.05, 0.1) is 31.8 Å². The Morgan fingerprint density at radius 1 is 1.09 bits per heavy atom. The summed E-state index contributed by atoms with van der Waals surface area (Å²) in [6.45, 7) is 7.29. The number of fused-ring (bicyclic) bond motifs is 3. The van der Waals surface area contributed by atoms with Gasteiger partial charge in [0.25, 0.3) is 0 Å². The second-order valence-corrected chi connectivity index (χ2v) is 10.3. The fraction of sp³-hybridized carbons (Fsp3) is 0.609. The number of rotatable bonds is 5. The molecule has 10 heteroatoms. The van der Waals surface area contributed by atoms with E-state index >= 15 is 0 Å². The number of aryl methyl sites for hydroxylation is 1. The van der Waals surface area contributed by atoms with Crippen LogP contribution in [0.25, 0.3) is 10.2 Å². The molecule has 0 bridgehead atoms. The van der Waals surface area contributed by atoms with Crippen LogP contribution in [-0.4, -0.2) is 70.1 Å². The molecule has 1 aliphatic carbocycles. The number of nitrogens with zero attached hydrogens (tertiary/aromatic N) is 4. The minimum absolute atomic E-state index is 0.427. The lowest BCUT2D eigenvalue weighted by molar-refractivity contribution is 0.00791. The third-order valence-electron chi connectivity index (χ3n) is 7.01. The van der Waals surface area contributed by atoms with Crippen LogP contribution in [0.2, 0.25) is 0 Å². The van der Waals surface area contributed by atoms with E-state index < -0.39 is 0 Å². The molecule has 0 aromatic carbocycles. The van der Waals surface area contributed by atoms with E-state index in [0.717, 1.165) is 74.3 Å². The van der Waals surface area contributed by atoms with Gasteiger partial charge in [-0.2, -0.15) is 10.1 Å². The quantitative estimate of drug-likeness (QED) is 0.521. The van der Waals surface area contributed by atoms with Gasteiger partial charge < -0.3 is 20.1 Å². The van der Waals surface area contributed by atoms with E-state index in [4.69, 9.17) is 19.4 Å². The minimum atomic E-state index is 0.427. The zero-order chi connectivity index (χ0) is 22.2. The predicted molar refractivity (Wildman–Crippen MR) is 129 cm³/mol. The van der Waals surface area contributed by atoms with Gasteiger partial charge in [-0.1, -0.05) is 0 Å². The number of hydrogen-bond acceptors (Lipinski definition) is 9. The first-order valence-corrected chi connectivity index (χ1v) is 12.8. The monoisotopic (exact) mass is 469 g/mol. The summed E-state index contributed by atoms with van der Waals surface area (Å²) in [6, 6.07) is 3.07. The van der Waals surface area contributed by atoms with E-state index in [1.165, 1.54) is 28.7 Å². The number of morpholine rings is 1. The maximum Gasteiger partial charge on any atom is 0.231 e. The number of H-pyrrole nitrogens is 1. The molecule has 1 saturated heterocycles. The van der Waals surface area contributed by atoms with Crippen molar-refractivity contribution < 1.29 is 9.47 Å². The van der Waals surface area contributed by atoms with Gasteiger partial charge in [-0.15, -0.1) is 11.3 Å². The molecule has 0 amide bonds. The highest BCUT2D eigenvalue weighted by atomic mass is 32.1. The number of aromatic amines is 1. The maximum absolute atomic E-state index is 5.71. The van der Waals surface area contributed by atoms with Crippen molar-refractivity contribution in [1.82, 2.24) is 25.1 Å². The Labute approximate surface area is 197 Å². The molecule has 2 aliphatic heterocycles. The Balaban J connectivity index is 1.25. The van der Waals surface area contributed by atoms with Gasteiger partial charge in [0.1, 0.15) is 10.6 Å². The molecule has 0 radical (unpaired) electrons. The fourth-order valence-corrected chi connectivity index (χ4v) is 6.46. The Morgan fingerprint density at radius 2 is 1.94 bits per heavy atom. The Hall–Kier alpha value is -2.27. The van der Waals surface area contributed by atoms with Crippen molar-refractivity contribution in [1.29, 1.82) is 0 Å². The summed E-state index contributed by atoms with van der Waals surface area (Å²) in [4.78, 5) is 14.7. The van der Waals surface area contributed by atoms with Crippen molar-refractivity contribution in [3.05, 3.63) is 22.2 Å². The molecule has 3 N–H and O–H groups in total. The molecule has 6 rings (SSSR count). The van der Waals surface area contributed by atoms with Crippen molar-refractivity contribution in [2.24, 2.45) is 0 Å². The van der Waals surface area contributed by atoms with Gasteiger partial charge >= 0.3 is 0 Å².